The first-order chi connectivity index (χ1) is 14.7. The second kappa shape index (κ2) is 9.62. The Bertz CT molecular complexity index is 1060. The molecule has 0 spiro atoms. The molecule has 7 nitrogen and oxygen atoms in total. The standard InChI is InChI=1S/C23H29N3O4S/c1-16-7-10-19(11-8-16)14-24-22(27)23(28)25-15-20-5-4-12-26(20)31(29,30)21-13-17(2)6-9-18(21)3/h6-11,13,20H,4-5,12,14-15H2,1-3H3,(H,24,27)(H,25,28)/t20-/m0/s1. The highest BCUT2D eigenvalue weighted by atomic mass is 32.2. The smallest absolute Gasteiger partial charge is 0.309 e. The van der Waals surface area contributed by atoms with Gasteiger partial charge in [-0.05, 0) is 56.4 Å². The predicted octanol–water partition coefficient (Wildman–Crippen LogP) is 2.20. The highest BCUT2D eigenvalue weighted by molar-refractivity contribution is 7.89. The van der Waals surface area contributed by atoms with Gasteiger partial charge in [-0.3, -0.25) is 9.59 Å². The third kappa shape index (κ3) is 5.51. The van der Waals surface area contributed by atoms with Gasteiger partial charge in [0.2, 0.25) is 10.0 Å². The van der Waals surface area contributed by atoms with E-state index in [9.17, 15) is 18.0 Å². The summed E-state index contributed by atoms with van der Waals surface area (Å²) in [5.74, 6) is -1.49. The van der Waals surface area contributed by atoms with Gasteiger partial charge in [-0.2, -0.15) is 4.31 Å². The number of amides is 2. The average Bonchev–Trinajstić information content (AvgIpc) is 3.22. The number of nitrogens with one attached hydrogen (secondary N) is 2. The van der Waals surface area contributed by atoms with E-state index in [2.05, 4.69) is 10.6 Å². The van der Waals surface area contributed by atoms with Crippen LogP contribution in [-0.4, -0.2) is 43.7 Å². The normalized spacial score (nSPS) is 16.8. The molecule has 2 amide bonds. The Morgan fingerprint density at radius 3 is 2.32 bits per heavy atom. The van der Waals surface area contributed by atoms with Crippen LogP contribution >= 0.6 is 0 Å². The van der Waals surface area contributed by atoms with E-state index in [0.29, 0.717) is 29.8 Å². The van der Waals surface area contributed by atoms with Gasteiger partial charge >= 0.3 is 11.8 Å². The van der Waals surface area contributed by atoms with E-state index in [-0.39, 0.29) is 19.1 Å². The average molecular weight is 444 g/mol. The fourth-order valence-electron chi connectivity index (χ4n) is 3.70. The fourth-order valence-corrected chi connectivity index (χ4v) is 5.70. The number of carbonyl (C=O) groups excluding carboxylic acids is 2. The Labute approximate surface area is 183 Å². The quantitative estimate of drug-likeness (QED) is 0.669. The maximum atomic E-state index is 13.2. The molecule has 1 aliphatic rings. The summed E-state index contributed by atoms with van der Waals surface area (Å²) in [7, 11) is -3.68. The first-order valence-corrected chi connectivity index (χ1v) is 11.8. The summed E-state index contributed by atoms with van der Waals surface area (Å²) in [5.41, 5.74) is 3.58. The Morgan fingerprint density at radius 2 is 1.61 bits per heavy atom. The minimum absolute atomic E-state index is 0.0981. The molecule has 0 radical (unpaired) electrons. The second-order valence-corrected chi connectivity index (χ2v) is 9.92. The number of sulfonamides is 1. The topological polar surface area (TPSA) is 95.6 Å². The van der Waals surface area contributed by atoms with Crippen molar-refractivity contribution < 1.29 is 18.0 Å². The van der Waals surface area contributed by atoms with E-state index < -0.39 is 21.8 Å². The Hall–Kier alpha value is -2.71. The lowest BCUT2D eigenvalue weighted by Gasteiger charge is -2.25. The Morgan fingerprint density at radius 1 is 0.968 bits per heavy atom. The number of aryl methyl sites for hydroxylation is 3. The van der Waals surface area contributed by atoms with E-state index in [4.69, 9.17) is 0 Å². The molecule has 8 heteroatoms. The first-order valence-electron chi connectivity index (χ1n) is 10.4. The third-order valence-electron chi connectivity index (χ3n) is 5.53. The van der Waals surface area contributed by atoms with Crippen molar-refractivity contribution in [1.29, 1.82) is 0 Å². The van der Waals surface area contributed by atoms with Gasteiger partial charge in [-0.15, -0.1) is 0 Å². The molecule has 3 rings (SSSR count). The zero-order chi connectivity index (χ0) is 22.6. The van der Waals surface area contributed by atoms with Crippen LogP contribution in [0.4, 0.5) is 0 Å². The molecule has 1 saturated heterocycles. The van der Waals surface area contributed by atoms with Crippen LogP contribution in [0.2, 0.25) is 0 Å². The van der Waals surface area contributed by atoms with E-state index in [1.165, 1.54) is 4.31 Å². The van der Waals surface area contributed by atoms with Gasteiger partial charge in [-0.1, -0.05) is 42.0 Å². The minimum Gasteiger partial charge on any atom is -0.346 e. The van der Waals surface area contributed by atoms with Crippen molar-refractivity contribution >= 4 is 21.8 Å². The molecule has 0 aliphatic carbocycles. The maximum absolute atomic E-state index is 13.2. The van der Waals surface area contributed by atoms with Crippen LogP contribution < -0.4 is 10.6 Å². The van der Waals surface area contributed by atoms with Gasteiger partial charge in [0.15, 0.2) is 0 Å². The van der Waals surface area contributed by atoms with Crippen LogP contribution in [-0.2, 0) is 26.2 Å². The van der Waals surface area contributed by atoms with Crippen molar-refractivity contribution in [3.8, 4) is 0 Å². The molecule has 31 heavy (non-hydrogen) atoms. The molecule has 0 bridgehead atoms. The van der Waals surface area contributed by atoms with E-state index in [0.717, 1.165) is 16.7 Å². The van der Waals surface area contributed by atoms with Crippen LogP contribution in [0.1, 0.15) is 35.1 Å². The van der Waals surface area contributed by atoms with Gasteiger partial charge in [0, 0.05) is 25.7 Å². The number of benzene rings is 2. The maximum Gasteiger partial charge on any atom is 0.309 e. The SMILES string of the molecule is Cc1ccc(CNC(=O)C(=O)NC[C@@H]2CCCN2S(=O)(=O)c2cc(C)ccc2C)cc1. The van der Waals surface area contributed by atoms with Crippen molar-refractivity contribution in [2.45, 2.75) is 51.1 Å². The van der Waals surface area contributed by atoms with Crippen LogP contribution in [0.15, 0.2) is 47.4 Å². The molecule has 2 aromatic rings. The molecule has 0 aromatic heterocycles. The number of hydrogen-bond donors (Lipinski definition) is 2. The monoisotopic (exact) mass is 443 g/mol. The predicted molar refractivity (Wildman–Crippen MR) is 119 cm³/mol. The zero-order valence-corrected chi connectivity index (χ0v) is 19.0. The second-order valence-electron chi connectivity index (χ2n) is 8.06. The van der Waals surface area contributed by atoms with E-state index in [1.807, 2.05) is 44.2 Å². The fraction of sp³-hybridized carbons (Fsp3) is 0.391. The summed E-state index contributed by atoms with van der Waals surface area (Å²) in [5, 5.41) is 5.18. The molecule has 1 heterocycles. The molecule has 1 aliphatic heterocycles. The summed E-state index contributed by atoms with van der Waals surface area (Å²) in [6.45, 7) is 6.36. The molecular formula is C23H29N3O4S. The van der Waals surface area contributed by atoms with Crippen LogP contribution in [0.3, 0.4) is 0 Å². The van der Waals surface area contributed by atoms with Crippen molar-refractivity contribution in [2.24, 2.45) is 0 Å². The number of hydrogen-bond acceptors (Lipinski definition) is 4. The molecule has 166 valence electrons. The molecule has 1 atom stereocenters. The van der Waals surface area contributed by atoms with Gasteiger partial charge in [0.25, 0.3) is 0 Å². The molecule has 2 aromatic carbocycles. The number of carbonyl (C=O) groups is 2. The van der Waals surface area contributed by atoms with Crippen LogP contribution in [0, 0.1) is 20.8 Å². The molecule has 0 unspecified atom stereocenters. The summed E-state index contributed by atoms with van der Waals surface area (Å²) in [4.78, 5) is 24.6. The van der Waals surface area contributed by atoms with Crippen LogP contribution in [0.25, 0.3) is 0 Å². The highest BCUT2D eigenvalue weighted by Gasteiger charge is 2.36. The van der Waals surface area contributed by atoms with E-state index >= 15 is 0 Å². The lowest BCUT2D eigenvalue weighted by molar-refractivity contribution is -0.139. The molecule has 1 fully saturated rings. The van der Waals surface area contributed by atoms with Crippen molar-refractivity contribution in [1.82, 2.24) is 14.9 Å². The van der Waals surface area contributed by atoms with Crippen molar-refractivity contribution in [2.75, 3.05) is 13.1 Å². The lowest BCUT2D eigenvalue weighted by atomic mass is 10.1. The number of nitrogens with zero attached hydrogens (tertiary/aromatic N) is 1. The minimum atomic E-state index is -3.68. The van der Waals surface area contributed by atoms with Crippen LogP contribution in [0.5, 0.6) is 0 Å². The largest absolute Gasteiger partial charge is 0.346 e. The summed E-state index contributed by atoms with van der Waals surface area (Å²) < 4.78 is 27.9. The third-order valence-corrected chi connectivity index (χ3v) is 7.63. The Kier molecular flexibility index (Phi) is 7.12. The van der Waals surface area contributed by atoms with E-state index in [1.54, 1.807) is 19.1 Å². The lowest BCUT2D eigenvalue weighted by Crippen LogP contribution is -2.46. The molecular weight excluding hydrogens is 414 g/mol. The Balaban J connectivity index is 1.59. The van der Waals surface area contributed by atoms with Crippen molar-refractivity contribution in [3.05, 3.63) is 64.7 Å². The summed E-state index contributed by atoms with van der Waals surface area (Å²) >= 11 is 0. The van der Waals surface area contributed by atoms with Crippen molar-refractivity contribution in [3.63, 3.8) is 0 Å². The summed E-state index contributed by atoms with van der Waals surface area (Å²) in [6, 6.07) is 12.6. The van der Waals surface area contributed by atoms with Gasteiger partial charge in [-0.25, -0.2) is 8.42 Å². The highest BCUT2D eigenvalue weighted by Crippen LogP contribution is 2.28. The number of rotatable bonds is 6. The molecule has 2 N–H and O–H groups in total. The first kappa shape index (κ1) is 23.0. The zero-order valence-electron chi connectivity index (χ0n) is 18.1. The van der Waals surface area contributed by atoms with Gasteiger partial charge < -0.3 is 10.6 Å². The van der Waals surface area contributed by atoms with Gasteiger partial charge in [0.05, 0.1) is 4.90 Å². The molecule has 0 saturated carbocycles. The summed E-state index contributed by atoms with van der Waals surface area (Å²) in [6.07, 6.45) is 1.35. The van der Waals surface area contributed by atoms with Gasteiger partial charge in [0.1, 0.15) is 0 Å².